The molecule has 0 spiro atoms. The first-order chi connectivity index (χ1) is 10.5. The van der Waals surface area contributed by atoms with Crippen molar-refractivity contribution in [3.63, 3.8) is 0 Å². The standard InChI is InChI=1S/C15H17NO5S/c1-19-12-8-7-11(14(9-12)20-2)10-21-13-5-3-4-6-15(13)22(16,17)18/h3-9H,10H2,1-2H3,(H2,16,17,18). The molecule has 2 aromatic rings. The van der Waals surface area contributed by atoms with Crippen molar-refractivity contribution in [3.8, 4) is 17.2 Å². The van der Waals surface area contributed by atoms with E-state index in [1.165, 1.54) is 13.2 Å². The lowest BCUT2D eigenvalue weighted by atomic mass is 10.2. The van der Waals surface area contributed by atoms with Gasteiger partial charge in [-0.2, -0.15) is 0 Å². The molecule has 0 aromatic heterocycles. The van der Waals surface area contributed by atoms with Gasteiger partial charge in [-0.05, 0) is 24.3 Å². The predicted octanol–water partition coefficient (Wildman–Crippen LogP) is 1.93. The summed E-state index contributed by atoms with van der Waals surface area (Å²) in [4.78, 5) is -0.0533. The molecule has 118 valence electrons. The smallest absolute Gasteiger partial charge is 0.241 e. The van der Waals surface area contributed by atoms with Crippen molar-refractivity contribution < 1.29 is 22.6 Å². The van der Waals surface area contributed by atoms with Gasteiger partial charge in [-0.3, -0.25) is 0 Å². The number of benzene rings is 2. The first-order valence-corrected chi connectivity index (χ1v) is 7.96. The number of primary sulfonamides is 1. The lowest BCUT2D eigenvalue weighted by Gasteiger charge is -2.13. The van der Waals surface area contributed by atoms with E-state index in [2.05, 4.69) is 0 Å². The van der Waals surface area contributed by atoms with Crippen LogP contribution in [-0.4, -0.2) is 22.6 Å². The molecule has 0 atom stereocenters. The van der Waals surface area contributed by atoms with Gasteiger partial charge >= 0.3 is 0 Å². The predicted molar refractivity (Wildman–Crippen MR) is 81.7 cm³/mol. The van der Waals surface area contributed by atoms with Crippen molar-refractivity contribution in [2.24, 2.45) is 5.14 Å². The minimum absolute atomic E-state index is 0.0533. The number of para-hydroxylation sites is 1. The number of hydrogen-bond donors (Lipinski definition) is 1. The topological polar surface area (TPSA) is 87.9 Å². The van der Waals surface area contributed by atoms with Gasteiger partial charge in [0.2, 0.25) is 10.0 Å². The lowest BCUT2D eigenvalue weighted by molar-refractivity contribution is 0.288. The van der Waals surface area contributed by atoms with Gasteiger partial charge in [0.15, 0.2) is 0 Å². The van der Waals surface area contributed by atoms with E-state index < -0.39 is 10.0 Å². The van der Waals surface area contributed by atoms with Crippen LogP contribution in [0.4, 0.5) is 0 Å². The maximum Gasteiger partial charge on any atom is 0.241 e. The van der Waals surface area contributed by atoms with Crippen LogP contribution in [0.5, 0.6) is 17.2 Å². The van der Waals surface area contributed by atoms with Gasteiger partial charge in [0.1, 0.15) is 28.8 Å². The molecule has 7 heteroatoms. The van der Waals surface area contributed by atoms with Crippen molar-refractivity contribution in [2.45, 2.75) is 11.5 Å². The van der Waals surface area contributed by atoms with Gasteiger partial charge in [0.05, 0.1) is 14.2 Å². The monoisotopic (exact) mass is 323 g/mol. The molecule has 0 fully saturated rings. The van der Waals surface area contributed by atoms with E-state index in [-0.39, 0.29) is 17.3 Å². The summed E-state index contributed by atoms with van der Waals surface area (Å²) in [6, 6.07) is 11.5. The maximum absolute atomic E-state index is 11.5. The Labute approximate surface area is 129 Å². The van der Waals surface area contributed by atoms with Gasteiger partial charge in [-0.25, -0.2) is 13.6 Å². The molecule has 0 bridgehead atoms. The number of hydrogen-bond acceptors (Lipinski definition) is 5. The van der Waals surface area contributed by atoms with E-state index in [0.717, 1.165) is 5.56 Å². The quantitative estimate of drug-likeness (QED) is 0.877. The molecule has 0 amide bonds. The molecule has 0 unspecified atom stereocenters. The third-order valence-electron chi connectivity index (χ3n) is 3.03. The Kier molecular flexibility index (Phi) is 4.89. The fraction of sp³-hybridized carbons (Fsp3) is 0.200. The van der Waals surface area contributed by atoms with Crippen molar-refractivity contribution >= 4 is 10.0 Å². The summed E-state index contributed by atoms with van der Waals surface area (Å²) in [6.45, 7) is 0.139. The fourth-order valence-electron chi connectivity index (χ4n) is 1.93. The van der Waals surface area contributed by atoms with Crippen LogP contribution < -0.4 is 19.3 Å². The summed E-state index contributed by atoms with van der Waals surface area (Å²) in [5, 5.41) is 5.17. The SMILES string of the molecule is COc1ccc(COc2ccccc2S(N)(=O)=O)c(OC)c1. The molecule has 2 aromatic carbocycles. The van der Waals surface area contributed by atoms with Gasteiger partial charge in [0, 0.05) is 11.6 Å². The normalized spacial score (nSPS) is 11.0. The molecule has 0 aliphatic rings. The van der Waals surface area contributed by atoms with E-state index in [9.17, 15) is 8.42 Å². The van der Waals surface area contributed by atoms with Crippen molar-refractivity contribution in [1.29, 1.82) is 0 Å². The Morgan fingerprint density at radius 1 is 1.00 bits per heavy atom. The van der Waals surface area contributed by atoms with Gasteiger partial charge in [-0.1, -0.05) is 12.1 Å². The van der Waals surface area contributed by atoms with E-state index in [1.807, 2.05) is 0 Å². The number of nitrogens with two attached hydrogens (primary N) is 1. The van der Waals surface area contributed by atoms with Crippen LogP contribution >= 0.6 is 0 Å². The van der Waals surface area contributed by atoms with Crippen LogP contribution in [0.3, 0.4) is 0 Å². The van der Waals surface area contributed by atoms with Gasteiger partial charge < -0.3 is 14.2 Å². The summed E-state index contributed by atoms with van der Waals surface area (Å²) >= 11 is 0. The Morgan fingerprint density at radius 2 is 1.73 bits per heavy atom. The van der Waals surface area contributed by atoms with Crippen LogP contribution in [0.15, 0.2) is 47.4 Å². The molecule has 6 nitrogen and oxygen atoms in total. The van der Waals surface area contributed by atoms with Gasteiger partial charge in [0.25, 0.3) is 0 Å². The summed E-state index contributed by atoms with van der Waals surface area (Å²) in [7, 11) is -0.739. The lowest BCUT2D eigenvalue weighted by Crippen LogP contribution is -2.13. The third-order valence-corrected chi connectivity index (χ3v) is 3.98. The van der Waals surface area contributed by atoms with Crippen LogP contribution in [0.2, 0.25) is 0 Å². The zero-order chi connectivity index (χ0) is 16.2. The summed E-state index contributed by atoms with van der Waals surface area (Å²) < 4.78 is 39.0. The zero-order valence-electron chi connectivity index (χ0n) is 12.3. The Morgan fingerprint density at radius 3 is 2.36 bits per heavy atom. The molecule has 0 radical (unpaired) electrons. The second kappa shape index (κ2) is 6.67. The number of ether oxygens (including phenoxy) is 3. The minimum atomic E-state index is -3.84. The maximum atomic E-state index is 11.5. The highest BCUT2D eigenvalue weighted by atomic mass is 32.2. The molecular formula is C15H17NO5S. The van der Waals surface area contributed by atoms with Crippen molar-refractivity contribution in [2.75, 3.05) is 14.2 Å². The summed E-state index contributed by atoms with van der Waals surface area (Å²) in [6.07, 6.45) is 0. The molecule has 0 aliphatic carbocycles. The van der Waals surface area contributed by atoms with Crippen LogP contribution in [0.1, 0.15) is 5.56 Å². The fourth-order valence-corrected chi connectivity index (χ4v) is 2.61. The number of methoxy groups -OCH3 is 2. The highest BCUT2D eigenvalue weighted by Gasteiger charge is 2.15. The Hall–Kier alpha value is -2.25. The van der Waals surface area contributed by atoms with E-state index in [1.54, 1.807) is 43.5 Å². The Balaban J connectivity index is 2.25. The first kappa shape index (κ1) is 16.1. The van der Waals surface area contributed by atoms with Crippen molar-refractivity contribution in [1.82, 2.24) is 0 Å². The average molecular weight is 323 g/mol. The molecule has 0 aliphatic heterocycles. The zero-order valence-corrected chi connectivity index (χ0v) is 13.1. The number of rotatable bonds is 6. The second-order valence-electron chi connectivity index (χ2n) is 4.46. The van der Waals surface area contributed by atoms with E-state index in [0.29, 0.717) is 11.5 Å². The average Bonchev–Trinajstić information content (AvgIpc) is 2.52. The highest BCUT2D eigenvalue weighted by Crippen LogP contribution is 2.27. The molecule has 2 rings (SSSR count). The van der Waals surface area contributed by atoms with Crippen molar-refractivity contribution in [3.05, 3.63) is 48.0 Å². The van der Waals surface area contributed by atoms with Crippen LogP contribution in [0, 0.1) is 0 Å². The first-order valence-electron chi connectivity index (χ1n) is 6.41. The minimum Gasteiger partial charge on any atom is -0.497 e. The molecule has 22 heavy (non-hydrogen) atoms. The summed E-state index contributed by atoms with van der Waals surface area (Å²) in [5.41, 5.74) is 0.757. The molecular weight excluding hydrogens is 306 g/mol. The largest absolute Gasteiger partial charge is 0.497 e. The molecule has 2 N–H and O–H groups in total. The molecule has 0 saturated carbocycles. The highest BCUT2D eigenvalue weighted by molar-refractivity contribution is 7.89. The third kappa shape index (κ3) is 3.69. The van der Waals surface area contributed by atoms with Crippen LogP contribution in [0.25, 0.3) is 0 Å². The Bertz CT molecular complexity index is 758. The van der Waals surface area contributed by atoms with E-state index >= 15 is 0 Å². The second-order valence-corrected chi connectivity index (χ2v) is 5.99. The summed E-state index contributed by atoms with van der Waals surface area (Å²) in [5.74, 6) is 1.45. The van der Waals surface area contributed by atoms with Gasteiger partial charge in [-0.15, -0.1) is 0 Å². The number of sulfonamides is 1. The van der Waals surface area contributed by atoms with E-state index in [4.69, 9.17) is 19.3 Å². The van der Waals surface area contributed by atoms with Crippen LogP contribution in [-0.2, 0) is 16.6 Å². The molecule has 0 saturated heterocycles. The molecule has 0 heterocycles.